The van der Waals surface area contributed by atoms with Crippen LogP contribution >= 0.6 is 0 Å². The zero-order valence-electron chi connectivity index (χ0n) is 19.5. The fourth-order valence-corrected chi connectivity index (χ4v) is 3.94. The summed E-state index contributed by atoms with van der Waals surface area (Å²) >= 11 is 0. The Labute approximate surface area is 196 Å². The van der Waals surface area contributed by atoms with Gasteiger partial charge in [0.2, 0.25) is 5.95 Å². The molecule has 33 heavy (non-hydrogen) atoms. The van der Waals surface area contributed by atoms with Gasteiger partial charge >= 0.3 is 0 Å². The first-order valence-electron chi connectivity index (χ1n) is 11.7. The Balaban J connectivity index is 1.88. The summed E-state index contributed by atoms with van der Waals surface area (Å²) in [7, 11) is 0. The van der Waals surface area contributed by atoms with Crippen LogP contribution in [0.1, 0.15) is 45.4 Å². The minimum absolute atomic E-state index is 0.115. The van der Waals surface area contributed by atoms with E-state index in [1.807, 2.05) is 12.1 Å². The minimum Gasteiger partial charge on any atom is -0.493 e. The van der Waals surface area contributed by atoms with E-state index in [0.717, 1.165) is 56.9 Å². The van der Waals surface area contributed by atoms with Gasteiger partial charge in [-0.3, -0.25) is 9.69 Å². The number of nitriles is 1. The van der Waals surface area contributed by atoms with Crippen LogP contribution in [0.3, 0.4) is 0 Å². The van der Waals surface area contributed by atoms with Gasteiger partial charge in [0.25, 0.3) is 5.91 Å². The van der Waals surface area contributed by atoms with Crippen LogP contribution in [0.15, 0.2) is 65.3 Å². The summed E-state index contributed by atoms with van der Waals surface area (Å²) in [5.74, 6) is -0.259. The van der Waals surface area contributed by atoms with Crippen molar-refractivity contribution in [3.05, 3.63) is 60.3 Å². The highest BCUT2D eigenvalue weighted by atomic mass is 19.1. The van der Waals surface area contributed by atoms with Gasteiger partial charge in [0.1, 0.15) is 24.0 Å². The van der Waals surface area contributed by atoms with Crippen molar-refractivity contribution in [2.24, 2.45) is 10.9 Å². The summed E-state index contributed by atoms with van der Waals surface area (Å²) in [6, 6.07) is 1.74. The second-order valence-electron chi connectivity index (χ2n) is 8.18. The number of nitrogens with one attached hydrogen (secondary N) is 1. The monoisotopic (exact) mass is 454 g/mol. The Bertz CT molecular complexity index is 845. The third-order valence-corrected chi connectivity index (χ3v) is 5.72. The van der Waals surface area contributed by atoms with Crippen molar-refractivity contribution in [2.75, 3.05) is 26.2 Å². The summed E-state index contributed by atoms with van der Waals surface area (Å²) in [5, 5.41) is 12.3. The molecule has 1 aliphatic carbocycles. The molecule has 0 aromatic carbocycles. The van der Waals surface area contributed by atoms with Gasteiger partial charge in [-0.1, -0.05) is 38.5 Å². The number of allylic oxidation sites excluding steroid dienone is 5. The van der Waals surface area contributed by atoms with Gasteiger partial charge in [-0.05, 0) is 63.1 Å². The maximum absolute atomic E-state index is 13.3. The maximum Gasteiger partial charge on any atom is 0.262 e. The van der Waals surface area contributed by atoms with E-state index >= 15 is 0 Å². The molecule has 0 spiro atoms. The number of hydrogen-bond acceptors (Lipinski definition) is 5. The first-order chi connectivity index (χ1) is 16.1. The van der Waals surface area contributed by atoms with Crippen LogP contribution in [0, 0.1) is 17.2 Å². The lowest BCUT2D eigenvalue weighted by atomic mass is 9.89. The smallest absolute Gasteiger partial charge is 0.262 e. The van der Waals surface area contributed by atoms with E-state index < -0.39 is 11.9 Å². The molecule has 1 saturated heterocycles. The Morgan fingerprint density at radius 1 is 1.42 bits per heavy atom. The van der Waals surface area contributed by atoms with Gasteiger partial charge in [0, 0.05) is 24.7 Å². The first kappa shape index (κ1) is 26.3. The lowest BCUT2D eigenvalue weighted by molar-refractivity contribution is -0.118. The summed E-state index contributed by atoms with van der Waals surface area (Å²) in [5.41, 5.74) is -0.122. The summed E-state index contributed by atoms with van der Waals surface area (Å²) in [6.45, 7) is 9.37. The van der Waals surface area contributed by atoms with E-state index in [-0.39, 0.29) is 17.5 Å². The van der Waals surface area contributed by atoms with Gasteiger partial charge in [-0.25, -0.2) is 4.99 Å². The van der Waals surface area contributed by atoms with Crippen LogP contribution in [-0.2, 0) is 9.53 Å². The first-order valence-corrected chi connectivity index (χ1v) is 11.7. The number of hydrogen-bond donors (Lipinski definition) is 1. The van der Waals surface area contributed by atoms with Crippen molar-refractivity contribution in [2.45, 2.75) is 51.5 Å². The molecular formula is C26H35FN4O2. The molecule has 178 valence electrons. The molecule has 6 nitrogen and oxygen atoms in total. The molecule has 7 heteroatoms. The molecule has 2 aliphatic rings. The predicted octanol–water partition coefficient (Wildman–Crippen LogP) is 4.75. The van der Waals surface area contributed by atoms with Crippen molar-refractivity contribution in [1.29, 1.82) is 5.26 Å². The molecule has 0 aromatic rings. The fourth-order valence-electron chi connectivity index (χ4n) is 3.94. The molecule has 0 aromatic heterocycles. The van der Waals surface area contributed by atoms with Crippen LogP contribution in [0.5, 0.6) is 0 Å². The van der Waals surface area contributed by atoms with Crippen LogP contribution < -0.4 is 5.32 Å². The molecule has 1 aliphatic heterocycles. The highest BCUT2D eigenvalue weighted by molar-refractivity contribution is 6.01. The molecule has 0 saturated carbocycles. The van der Waals surface area contributed by atoms with E-state index in [0.29, 0.717) is 6.61 Å². The average molecular weight is 455 g/mol. The highest BCUT2D eigenvalue weighted by Gasteiger charge is 2.23. The number of carbonyl (C=O) groups is 1. The van der Waals surface area contributed by atoms with E-state index in [4.69, 9.17) is 4.74 Å². The number of ether oxygens (including phenoxy) is 1. The number of halogens is 1. The molecule has 2 rings (SSSR count). The van der Waals surface area contributed by atoms with E-state index in [1.54, 1.807) is 0 Å². The van der Waals surface area contributed by atoms with E-state index in [9.17, 15) is 14.4 Å². The third kappa shape index (κ3) is 9.58. The average Bonchev–Trinajstić information content (AvgIpc) is 2.83. The molecule has 1 amide bonds. The zero-order chi connectivity index (χ0) is 23.9. The number of carbonyl (C=O) groups excluding carboxylic acids is 1. The fraction of sp³-hybridized carbons (Fsp3) is 0.500. The number of piperidine rings is 1. The molecular weight excluding hydrogens is 419 g/mol. The van der Waals surface area contributed by atoms with Crippen molar-refractivity contribution >= 4 is 12.1 Å². The van der Waals surface area contributed by atoms with Crippen molar-refractivity contribution in [1.82, 2.24) is 10.2 Å². The highest BCUT2D eigenvalue weighted by Crippen LogP contribution is 2.23. The van der Waals surface area contributed by atoms with Crippen LogP contribution in [0.4, 0.5) is 4.39 Å². The second-order valence-corrected chi connectivity index (χ2v) is 8.18. The number of likely N-dealkylation sites (tertiary alicyclic amines) is 1. The third-order valence-electron chi connectivity index (χ3n) is 5.72. The van der Waals surface area contributed by atoms with Gasteiger partial charge < -0.3 is 10.1 Å². The largest absolute Gasteiger partial charge is 0.493 e. The van der Waals surface area contributed by atoms with Gasteiger partial charge in [-0.15, -0.1) is 0 Å². The Morgan fingerprint density at radius 2 is 2.21 bits per heavy atom. The lowest BCUT2D eigenvalue weighted by Gasteiger charge is -2.28. The molecule has 1 N–H and O–H groups in total. The quantitative estimate of drug-likeness (QED) is 0.152. The van der Waals surface area contributed by atoms with Crippen LogP contribution in [0.2, 0.25) is 0 Å². The summed E-state index contributed by atoms with van der Waals surface area (Å²) in [6.07, 6.45) is 17.1. The molecule has 0 bridgehead atoms. The lowest BCUT2D eigenvalue weighted by Crippen LogP contribution is -2.40. The summed E-state index contributed by atoms with van der Waals surface area (Å²) in [4.78, 5) is 18.6. The Hall–Kier alpha value is -2.98. The Morgan fingerprint density at radius 3 is 2.85 bits per heavy atom. The number of rotatable bonds is 12. The topological polar surface area (TPSA) is 77.7 Å². The number of aliphatic imine (C=N–C) groups is 1. The zero-order valence-corrected chi connectivity index (χ0v) is 19.5. The van der Waals surface area contributed by atoms with E-state index in [2.05, 4.69) is 40.9 Å². The van der Waals surface area contributed by atoms with E-state index in [1.165, 1.54) is 31.4 Å². The minimum atomic E-state index is -0.754. The maximum atomic E-state index is 13.3. The molecule has 1 heterocycles. The van der Waals surface area contributed by atoms with Gasteiger partial charge in [0.15, 0.2) is 0 Å². The normalized spacial score (nSPS) is 20.8. The SMILES string of the molecule is C=C\C=C(F)/N=C/C=C(\C#N)C(=O)NC(CCC)C1C=CC(OCCN2CCCCC2)=CC1. The van der Waals surface area contributed by atoms with Crippen LogP contribution in [-0.4, -0.2) is 49.3 Å². The molecule has 0 radical (unpaired) electrons. The molecule has 2 unspecified atom stereocenters. The number of amides is 1. The molecule has 1 fully saturated rings. The van der Waals surface area contributed by atoms with Crippen molar-refractivity contribution in [3.63, 3.8) is 0 Å². The summed E-state index contributed by atoms with van der Waals surface area (Å²) < 4.78 is 19.2. The van der Waals surface area contributed by atoms with Gasteiger partial charge in [-0.2, -0.15) is 9.65 Å². The number of nitrogens with zero attached hydrogens (tertiary/aromatic N) is 3. The standard InChI is InChI=1S/C26H35FN4O2/c1-3-8-24(30-26(32)22(20-28)14-15-29-25(27)9-4-2)21-10-12-23(13-11-21)33-19-18-31-16-6-5-7-17-31/h4,9-10,12-15,21,24H,2-3,5-8,11,16-19H2,1H3,(H,30,32)/b22-14+,25-9-,29-15+. The predicted molar refractivity (Wildman–Crippen MR) is 130 cm³/mol. The second kappa shape index (κ2) is 15.0. The van der Waals surface area contributed by atoms with Crippen molar-refractivity contribution < 1.29 is 13.9 Å². The van der Waals surface area contributed by atoms with Gasteiger partial charge in [0.05, 0.1) is 0 Å². The Kier molecular flexibility index (Phi) is 11.9. The van der Waals surface area contributed by atoms with Crippen LogP contribution in [0.25, 0.3) is 0 Å². The van der Waals surface area contributed by atoms with Crippen molar-refractivity contribution in [3.8, 4) is 6.07 Å². The molecule has 2 atom stereocenters.